The molecular formula is C18H20ClNO5. The number of carbonyl (C=O) groups is 2. The van der Waals surface area contributed by atoms with E-state index in [-0.39, 0.29) is 17.8 Å². The summed E-state index contributed by atoms with van der Waals surface area (Å²) in [6, 6.07) is 3.54. The lowest BCUT2D eigenvalue weighted by molar-refractivity contribution is -0.148. The van der Waals surface area contributed by atoms with Crippen LogP contribution < -0.4 is 9.47 Å². The molecule has 0 aromatic heterocycles. The molecule has 2 aliphatic heterocycles. The van der Waals surface area contributed by atoms with Crippen molar-refractivity contribution in [2.24, 2.45) is 5.92 Å². The number of rotatable bonds is 3. The number of ether oxygens (including phenoxy) is 3. The number of hydrogen-bond donors (Lipinski definition) is 0. The van der Waals surface area contributed by atoms with E-state index in [2.05, 4.69) is 0 Å². The van der Waals surface area contributed by atoms with Crippen LogP contribution in [0.25, 0.3) is 6.08 Å². The van der Waals surface area contributed by atoms with Crippen molar-refractivity contribution in [2.75, 3.05) is 33.4 Å². The number of benzene rings is 1. The number of amides is 1. The maximum Gasteiger partial charge on any atom is 0.308 e. The van der Waals surface area contributed by atoms with Crippen LogP contribution >= 0.6 is 11.6 Å². The molecule has 2 heterocycles. The molecule has 1 amide bonds. The number of carbonyl (C=O) groups excluding carboxylic acids is 2. The van der Waals surface area contributed by atoms with Crippen molar-refractivity contribution in [2.45, 2.75) is 12.8 Å². The Kier molecular flexibility index (Phi) is 5.48. The minimum absolute atomic E-state index is 0.0886. The van der Waals surface area contributed by atoms with Crippen LogP contribution in [0.4, 0.5) is 0 Å². The van der Waals surface area contributed by atoms with Gasteiger partial charge >= 0.3 is 5.97 Å². The number of likely N-dealkylation sites (tertiary alicyclic amines) is 1. The summed E-state index contributed by atoms with van der Waals surface area (Å²) in [6.45, 7) is 2.04. The smallest absolute Gasteiger partial charge is 0.308 e. The molecule has 0 unspecified atom stereocenters. The van der Waals surface area contributed by atoms with Crippen molar-refractivity contribution in [3.8, 4) is 11.5 Å². The van der Waals surface area contributed by atoms with E-state index in [0.717, 1.165) is 5.56 Å². The van der Waals surface area contributed by atoms with Crippen molar-refractivity contribution >= 4 is 29.6 Å². The van der Waals surface area contributed by atoms with Gasteiger partial charge in [0.1, 0.15) is 13.2 Å². The highest BCUT2D eigenvalue weighted by molar-refractivity contribution is 6.32. The molecule has 25 heavy (non-hydrogen) atoms. The van der Waals surface area contributed by atoms with E-state index >= 15 is 0 Å². The first-order valence-electron chi connectivity index (χ1n) is 8.22. The molecule has 0 atom stereocenters. The van der Waals surface area contributed by atoms with Crippen LogP contribution in [0.15, 0.2) is 18.2 Å². The largest absolute Gasteiger partial charge is 0.486 e. The minimum Gasteiger partial charge on any atom is -0.486 e. The van der Waals surface area contributed by atoms with Crippen molar-refractivity contribution in [1.82, 2.24) is 4.90 Å². The van der Waals surface area contributed by atoms with Crippen LogP contribution in [0, 0.1) is 5.92 Å². The standard InChI is InChI=1S/C18H20ClNO5/c1-23-18(22)13-4-6-20(7-5-13)16(21)3-2-12-10-14(19)17-15(11-12)24-8-9-25-17/h2-3,10-11,13H,4-9H2,1H3. The van der Waals surface area contributed by atoms with E-state index in [1.807, 2.05) is 0 Å². The minimum atomic E-state index is -0.200. The average molecular weight is 366 g/mol. The number of halogens is 1. The molecule has 6 nitrogen and oxygen atoms in total. The Morgan fingerprint density at radius 3 is 2.68 bits per heavy atom. The summed E-state index contributed by atoms with van der Waals surface area (Å²) in [6.07, 6.45) is 4.48. The van der Waals surface area contributed by atoms with E-state index in [0.29, 0.717) is 55.7 Å². The van der Waals surface area contributed by atoms with Gasteiger partial charge in [0.2, 0.25) is 5.91 Å². The Bertz CT molecular complexity index is 695. The van der Waals surface area contributed by atoms with Crippen LogP contribution in [0.3, 0.4) is 0 Å². The summed E-state index contributed by atoms with van der Waals surface area (Å²) in [5.41, 5.74) is 0.770. The highest BCUT2D eigenvalue weighted by atomic mass is 35.5. The molecule has 2 aliphatic rings. The van der Waals surface area contributed by atoms with Crippen LogP contribution in [0.1, 0.15) is 18.4 Å². The van der Waals surface area contributed by atoms with Gasteiger partial charge in [0, 0.05) is 19.2 Å². The summed E-state index contributed by atoms with van der Waals surface area (Å²) in [5.74, 6) is 0.725. The lowest BCUT2D eigenvalue weighted by Gasteiger charge is -2.29. The molecule has 3 rings (SSSR count). The molecule has 0 N–H and O–H groups in total. The van der Waals surface area contributed by atoms with Crippen LogP contribution in [-0.2, 0) is 14.3 Å². The summed E-state index contributed by atoms with van der Waals surface area (Å²) in [7, 11) is 1.39. The normalized spacial score (nSPS) is 17.6. The number of methoxy groups -OCH3 is 1. The predicted molar refractivity (Wildman–Crippen MR) is 92.8 cm³/mol. The zero-order valence-corrected chi connectivity index (χ0v) is 14.8. The molecule has 134 valence electrons. The monoisotopic (exact) mass is 365 g/mol. The van der Waals surface area contributed by atoms with E-state index in [4.69, 9.17) is 25.8 Å². The van der Waals surface area contributed by atoms with E-state index in [9.17, 15) is 9.59 Å². The van der Waals surface area contributed by atoms with Gasteiger partial charge in [-0.2, -0.15) is 0 Å². The number of nitrogens with zero attached hydrogens (tertiary/aromatic N) is 1. The third-order valence-electron chi connectivity index (χ3n) is 4.38. The van der Waals surface area contributed by atoms with Crippen molar-refractivity contribution in [3.63, 3.8) is 0 Å². The fourth-order valence-corrected chi connectivity index (χ4v) is 3.28. The second-order valence-electron chi connectivity index (χ2n) is 5.98. The van der Waals surface area contributed by atoms with Gasteiger partial charge in [0.25, 0.3) is 0 Å². The van der Waals surface area contributed by atoms with E-state index in [1.165, 1.54) is 13.2 Å². The zero-order valence-electron chi connectivity index (χ0n) is 14.0. The average Bonchev–Trinajstić information content (AvgIpc) is 2.65. The molecular weight excluding hydrogens is 346 g/mol. The van der Waals surface area contributed by atoms with Crippen LogP contribution in [0.2, 0.25) is 5.02 Å². The maximum absolute atomic E-state index is 12.3. The molecule has 0 bridgehead atoms. The lowest BCUT2D eigenvalue weighted by Crippen LogP contribution is -2.39. The third kappa shape index (κ3) is 4.07. The van der Waals surface area contributed by atoms with Crippen molar-refractivity contribution < 1.29 is 23.8 Å². The van der Waals surface area contributed by atoms with Crippen LogP contribution in [0.5, 0.6) is 11.5 Å². The van der Waals surface area contributed by atoms with Gasteiger partial charge in [0.15, 0.2) is 11.5 Å². The Hall–Kier alpha value is -2.21. The maximum atomic E-state index is 12.3. The Morgan fingerprint density at radius 2 is 1.96 bits per heavy atom. The molecule has 0 radical (unpaired) electrons. The molecule has 7 heteroatoms. The fourth-order valence-electron chi connectivity index (χ4n) is 3.00. The number of hydrogen-bond acceptors (Lipinski definition) is 5. The summed E-state index contributed by atoms with van der Waals surface area (Å²) in [5, 5.41) is 0.461. The molecule has 1 aromatic rings. The summed E-state index contributed by atoms with van der Waals surface area (Å²) >= 11 is 6.19. The number of fused-ring (bicyclic) bond motifs is 1. The van der Waals surface area contributed by atoms with Gasteiger partial charge in [-0.15, -0.1) is 0 Å². The molecule has 1 fully saturated rings. The predicted octanol–water partition coefficient (Wildman–Crippen LogP) is 2.54. The number of piperidine rings is 1. The Balaban J connectivity index is 1.62. The molecule has 0 aliphatic carbocycles. The van der Waals surface area contributed by atoms with Gasteiger partial charge in [-0.1, -0.05) is 11.6 Å². The zero-order chi connectivity index (χ0) is 17.8. The lowest BCUT2D eigenvalue weighted by atomic mass is 9.97. The molecule has 0 saturated carbocycles. The second-order valence-corrected chi connectivity index (χ2v) is 6.39. The van der Waals surface area contributed by atoms with Gasteiger partial charge in [-0.3, -0.25) is 9.59 Å². The first-order valence-corrected chi connectivity index (χ1v) is 8.60. The highest BCUT2D eigenvalue weighted by Gasteiger charge is 2.27. The van der Waals surface area contributed by atoms with Crippen molar-refractivity contribution in [1.29, 1.82) is 0 Å². The Morgan fingerprint density at radius 1 is 1.24 bits per heavy atom. The Labute approximate surface area is 151 Å². The first kappa shape index (κ1) is 17.6. The topological polar surface area (TPSA) is 65.1 Å². The quantitative estimate of drug-likeness (QED) is 0.608. The molecule has 1 aromatic carbocycles. The van der Waals surface area contributed by atoms with Gasteiger partial charge in [-0.05, 0) is 36.6 Å². The van der Waals surface area contributed by atoms with E-state index < -0.39 is 0 Å². The molecule has 1 saturated heterocycles. The summed E-state index contributed by atoms with van der Waals surface area (Å²) < 4.78 is 15.8. The van der Waals surface area contributed by atoms with Gasteiger partial charge < -0.3 is 19.1 Å². The number of esters is 1. The van der Waals surface area contributed by atoms with Crippen LogP contribution in [-0.4, -0.2) is 50.2 Å². The first-order chi connectivity index (χ1) is 12.1. The second kappa shape index (κ2) is 7.78. The SMILES string of the molecule is COC(=O)C1CCN(C(=O)C=Cc2cc(Cl)c3c(c2)OCCO3)CC1. The third-order valence-corrected chi connectivity index (χ3v) is 4.66. The highest BCUT2D eigenvalue weighted by Crippen LogP contribution is 2.38. The van der Waals surface area contributed by atoms with Crippen molar-refractivity contribution in [3.05, 3.63) is 28.8 Å². The molecule has 0 spiro atoms. The fraction of sp³-hybridized carbons (Fsp3) is 0.444. The van der Waals surface area contributed by atoms with Gasteiger partial charge in [0.05, 0.1) is 18.1 Å². The van der Waals surface area contributed by atoms with Gasteiger partial charge in [-0.25, -0.2) is 0 Å². The summed E-state index contributed by atoms with van der Waals surface area (Å²) in [4.78, 5) is 25.6. The van der Waals surface area contributed by atoms with E-state index in [1.54, 1.807) is 23.1 Å².